The third kappa shape index (κ3) is 3.11. The molecule has 0 unspecified atom stereocenters. The topological polar surface area (TPSA) is 36.4 Å². The average molecular weight is 364 g/mol. The molecule has 3 rings (SSSR count). The lowest BCUT2D eigenvalue weighted by molar-refractivity contribution is 0.0745. The zero-order valence-electron chi connectivity index (χ0n) is 11.9. The number of anilines is 1. The number of piperazine rings is 1. The first-order valence-electron chi connectivity index (χ1n) is 7.05. The Labute approximate surface area is 136 Å². The van der Waals surface area contributed by atoms with Gasteiger partial charge in [0.15, 0.2) is 0 Å². The van der Waals surface area contributed by atoms with E-state index in [1.165, 1.54) is 12.1 Å². The summed E-state index contributed by atoms with van der Waals surface area (Å²) >= 11 is 3.31. The van der Waals surface area contributed by atoms with Gasteiger partial charge in [0.2, 0.25) is 0 Å². The van der Waals surface area contributed by atoms with E-state index in [0.29, 0.717) is 23.1 Å². The second-order valence-electron chi connectivity index (χ2n) is 5.09. The van der Waals surface area contributed by atoms with Gasteiger partial charge >= 0.3 is 0 Å². The van der Waals surface area contributed by atoms with Gasteiger partial charge in [-0.2, -0.15) is 0 Å². The number of carbonyl (C=O) groups excluding carboxylic acids is 1. The van der Waals surface area contributed by atoms with Gasteiger partial charge in [-0.05, 0) is 46.3 Å². The van der Waals surface area contributed by atoms with Gasteiger partial charge in [0.25, 0.3) is 5.91 Å². The van der Waals surface area contributed by atoms with Crippen molar-refractivity contribution in [1.82, 2.24) is 9.88 Å². The number of amides is 1. The fourth-order valence-corrected chi connectivity index (χ4v) is 2.93. The molecule has 0 spiro atoms. The van der Waals surface area contributed by atoms with E-state index in [1.807, 2.05) is 18.2 Å². The second kappa shape index (κ2) is 6.44. The minimum absolute atomic E-state index is 0.146. The molecule has 1 aromatic heterocycles. The molecule has 0 N–H and O–H groups in total. The Morgan fingerprint density at radius 3 is 2.59 bits per heavy atom. The summed E-state index contributed by atoms with van der Waals surface area (Å²) in [5, 5.41) is 0. The minimum atomic E-state index is -0.404. The summed E-state index contributed by atoms with van der Waals surface area (Å²) in [7, 11) is 0. The van der Waals surface area contributed by atoms with Gasteiger partial charge in [0.05, 0.1) is 5.56 Å². The molecule has 1 aliphatic rings. The highest BCUT2D eigenvalue weighted by atomic mass is 79.9. The van der Waals surface area contributed by atoms with Crippen molar-refractivity contribution in [2.75, 3.05) is 31.1 Å². The quantitative estimate of drug-likeness (QED) is 0.822. The summed E-state index contributed by atoms with van der Waals surface area (Å²) in [4.78, 5) is 20.7. The summed E-state index contributed by atoms with van der Waals surface area (Å²) < 4.78 is 14.0. The fraction of sp³-hybridized carbons (Fsp3) is 0.250. The Bertz CT molecular complexity index is 672. The van der Waals surface area contributed by atoms with Crippen molar-refractivity contribution in [1.29, 1.82) is 0 Å². The number of halogens is 2. The molecule has 0 aliphatic carbocycles. The van der Waals surface area contributed by atoms with Crippen LogP contribution >= 0.6 is 15.9 Å². The van der Waals surface area contributed by atoms with Gasteiger partial charge < -0.3 is 9.80 Å². The van der Waals surface area contributed by atoms with E-state index in [1.54, 1.807) is 17.2 Å². The maximum atomic E-state index is 13.4. The predicted octanol–water partition coefficient (Wildman–Crippen LogP) is 2.95. The van der Waals surface area contributed by atoms with Gasteiger partial charge in [-0.25, -0.2) is 9.37 Å². The van der Waals surface area contributed by atoms with Gasteiger partial charge in [-0.3, -0.25) is 4.79 Å². The first-order chi connectivity index (χ1) is 10.6. The third-order valence-electron chi connectivity index (χ3n) is 3.70. The smallest absolute Gasteiger partial charge is 0.255 e. The fourth-order valence-electron chi connectivity index (χ4n) is 2.51. The first-order valence-corrected chi connectivity index (χ1v) is 7.85. The van der Waals surface area contributed by atoms with Gasteiger partial charge in [-0.15, -0.1) is 0 Å². The van der Waals surface area contributed by atoms with E-state index in [2.05, 4.69) is 25.8 Å². The highest BCUT2D eigenvalue weighted by molar-refractivity contribution is 9.10. The van der Waals surface area contributed by atoms with Crippen molar-refractivity contribution < 1.29 is 9.18 Å². The molecule has 0 atom stereocenters. The Balaban J connectivity index is 1.68. The molecule has 2 aromatic rings. The summed E-state index contributed by atoms with van der Waals surface area (Å²) in [6.45, 7) is 2.63. The molecular weight excluding hydrogens is 349 g/mol. The minimum Gasteiger partial charge on any atom is -0.353 e. The molecule has 1 amide bonds. The van der Waals surface area contributed by atoms with Crippen LogP contribution in [-0.4, -0.2) is 42.0 Å². The zero-order chi connectivity index (χ0) is 15.5. The van der Waals surface area contributed by atoms with E-state index < -0.39 is 5.82 Å². The lowest BCUT2D eigenvalue weighted by Gasteiger charge is -2.35. The van der Waals surface area contributed by atoms with Crippen LogP contribution in [0.4, 0.5) is 10.2 Å². The van der Waals surface area contributed by atoms with Crippen molar-refractivity contribution >= 4 is 27.7 Å². The summed E-state index contributed by atoms with van der Waals surface area (Å²) in [6, 6.07) is 9.96. The molecule has 1 saturated heterocycles. The van der Waals surface area contributed by atoms with E-state index >= 15 is 0 Å². The van der Waals surface area contributed by atoms with Crippen LogP contribution in [0, 0.1) is 5.82 Å². The molecule has 1 aromatic carbocycles. The van der Waals surface area contributed by atoms with Crippen LogP contribution < -0.4 is 4.90 Å². The van der Waals surface area contributed by atoms with Crippen LogP contribution in [0.25, 0.3) is 0 Å². The summed E-state index contributed by atoms with van der Waals surface area (Å²) in [6.07, 6.45) is 1.76. The Morgan fingerprint density at radius 1 is 1.14 bits per heavy atom. The van der Waals surface area contributed by atoms with Crippen LogP contribution in [0.3, 0.4) is 0 Å². The van der Waals surface area contributed by atoms with Crippen LogP contribution in [0.2, 0.25) is 0 Å². The van der Waals surface area contributed by atoms with Crippen molar-refractivity contribution in [2.45, 2.75) is 0 Å². The van der Waals surface area contributed by atoms with Crippen LogP contribution in [0.1, 0.15) is 10.4 Å². The first kappa shape index (κ1) is 15.0. The molecule has 6 heteroatoms. The Morgan fingerprint density at radius 2 is 1.91 bits per heavy atom. The van der Waals surface area contributed by atoms with E-state index in [4.69, 9.17) is 0 Å². The molecule has 2 heterocycles. The molecular formula is C16H15BrFN3O. The van der Waals surface area contributed by atoms with Gasteiger partial charge in [-0.1, -0.05) is 6.07 Å². The summed E-state index contributed by atoms with van der Waals surface area (Å²) in [5.41, 5.74) is 0.367. The number of benzene rings is 1. The van der Waals surface area contributed by atoms with Crippen LogP contribution in [0.15, 0.2) is 47.1 Å². The van der Waals surface area contributed by atoms with Gasteiger partial charge in [0, 0.05) is 36.8 Å². The van der Waals surface area contributed by atoms with Gasteiger partial charge in [0.1, 0.15) is 11.6 Å². The maximum absolute atomic E-state index is 13.4. The van der Waals surface area contributed by atoms with Crippen molar-refractivity contribution in [3.05, 3.63) is 58.4 Å². The molecule has 1 fully saturated rings. The van der Waals surface area contributed by atoms with Crippen LogP contribution in [0.5, 0.6) is 0 Å². The number of hydrogen-bond donors (Lipinski definition) is 0. The molecule has 4 nitrogen and oxygen atoms in total. The van der Waals surface area contributed by atoms with Crippen molar-refractivity contribution in [3.63, 3.8) is 0 Å². The number of rotatable bonds is 2. The number of pyridine rings is 1. The normalized spacial score (nSPS) is 15.0. The van der Waals surface area contributed by atoms with E-state index in [-0.39, 0.29) is 5.91 Å². The van der Waals surface area contributed by atoms with E-state index in [0.717, 1.165) is 18.9 Å². The van der Waals surface area contributed by atoms with Crippen molar-refractivity contribution in [3.8, 4) is 0 Å². The number of hydrogen-bond acceptors (Lipinski definition) is 3. The van der Waals surface area contributed by atoms with Crippen LogP contribution in [-0.2, 0) is 0 Å². The Kier molecular flexibility index (Phi) is 4.38. The standard InChI is InChI=1S/C16H15BrFN3O/c17-14-5-4-12(18)11-13(14)16(22)21-9-7-20(8-10-21)15-3-1-2-6-19-15/h1-6,11H,7-10H2. The lowest BCUT2D eigenvalue weighted by atomic mass is 10.1. The molecule has 0 radical (unpaired) electrons. The third-order valence-corrected chi connectivity index (χ3v) is 4.39. The van der Waals surface area contributed by atoms with E-state index in [9.17, 15) is 9.18 Å². The average Bonchev–Trinajstić information content (AvgIpc) is 2.57. The van der Waals surface area contributed by atoms with Crippen molar-refractivity contribution in [2.24, 2.45) is 0 Å². The highest BCUT2D eigenvalue weighted by Gasteiger charge is 2.24. The molecule has 0 saturated carbocycles. The molecule has 114 valence electrons. The monoisotopic (exact) mass is 363 g/mol. The molecule has 1 aliphatic heterocycles. The SMILES string of the molecule is O=C(c1cc(F)ccc1Br)N1CCN(c2ccccn2)CC1. The maximum Gasteiger partial charge on any atom is 0.255 e. The Hall–Kier alpha value is -1.95. The molecule has 0 bridgehead atoms. The highest BCUT2D eigenvalue weighted by Crippen LogP contribution is 2.21. The predicted molar refractivity (Wildman–Crippen MR) is 86.5 cm³/mol. The number of nitrogens with zero attached hydrogens (tertiary/aromatic N) is 3. The molecule has 22 heavy (non-hydrogen) atoms. The second-order valence-corrected chi connectivity index (χ2v) is 5.95. The largest absolute Gasteiger partial charge is 0.353 e. The zero-order valence-corrected chi connectivity index (χ0v) is 13.5. The number of aromatic nitrogens is 1. The lowest BCUT2D eigenvalue weighted by Crippen LogP contribution is -2.49. The number of carbonyl (C=O) groups is 1. The summed E-state index contributed by atoms with van der Waals surface area (Å²) in [5.74, 6) is 0.368.